The van der Waals surface area contributed by atoms with Gasteiger partial charge in [-0.2, -0.15) is 0 Å². The molecule has 0 fully saturated rings. The molecular formula is C11H20O2. The van der Waals surface area contributed by atoms with Crippen LogP contribution in [0, 0.1) is 5.92 Å². The molecule has 0 bridgehead atoms. The van der Waals surface area contributed by atoms with Gasteiger partial charge in [-0.05, 0) is 32.1 Å². The number of carbonyl (C=O) groups is 1. The lowest BCUT2D eigenvalue weighted by molar-refractivity contribution is -0.129. The molecule has 0 aliphatic heterocycles. The molecule has 0 N–H and O–H groups in total. The largest absolute Gasteiger partial charge is 0.468 e. The van der Waals surface area contributed by atoms with E-state index in [2.05, 4.69) is 25.2 Å². The van der Waals surface area contributed by atoms with Crippen LogP contribution in [-0.4, -0.2) is 13.1 Å². The summed E-state index contributed by atoms with van der Waals surface area (Å²) in [6.07, 6.45) is 4.46. The molecule has 0 aliphatic rings. The summed E-state index contributed by atoms with van der Waals surface area (Å²) < 4.78 is 4.63. The monoisotopic (exact) mass is 184 g/mol. The molecule has 76 valence electrons. The lowest BCUT2D eigenvalue weighted by Gasteiger charge is -2.09. The molecule has 0 spiro atoms. The van der Waals surface area contributed by atoms with Gasteiger partial charge in [0.1, 0.15) is 0 Å². The Labute approximate surface area is 81.0 Å². The Balaban J connectivity index is 3.24. The third-order valence-corrected chi connectivity index (χ3v) is 2.10. The van der Waals surface area contributed by atoms with Crippen LogP contribution in [0.3, 0.4) is 0 Å². The number of hydrogen-bond donors (Lipinski definition) is 0. The van der Waals surface area contributed by atoms with Crippen LogP contribution in [0.2, 0.25) is 0 Å². The fourth-order valence-electron chi connectivity index (χ4n) is 1.21. The lowest BCUT2D eigenvalue weighted by atomic mass is 9.99. The van der Waals surface area contributed by atoms with Crippen molar-refractivity contribution in [1.82, 2.24) is 0 Å². The van der Waals surface area contributed by atoms with E-state index in [1.54, 1.807) is 0 Å². The van der Waals surface area contributed by atoms with Gasteiger partial charge in [0.25, 0.3) is 6.47 Å². The smallest absolute Gasteiger partial charge is 0.293 e. The average Bonchev–Trinajstić information content (AvgIpc) is 2.04. The number of rotatable bonds is 8. The van der Waals surface area contributed by atoms with Crippen LogP contribution in [0.15, 0.2) is 12.2 Å². The summed E-state index contributed by atoms with van der Waals surface area (Å²) in [6.45, 7) is 9.17. The van der Waals surface area contributed by atoms with Crippen LogP contribution < -0.4 is 0 Å². The molecule has 13 heavy (non-hydrogen) atoms. The Hall–Kier alpha value is -0.790. The summed E-state index contributed by atoms with van der Waals surface area (Å²) in [5, 5.41) is 0. The van der Waals surface area contributed by atoms with Gasteiger partial charge in [0.05, 0.1) is 6.61 Å². The highest BCUT2D eigenvalue weighted by Crippen LogP contribution is 2.13. The van der Waals surface area contributed by atoms with Gasteiger partial charge < -0.3 is 4.74 Å². The number of hydrogen-bond acceptors (Lipinski definition) is 2. The van der Waals surface area contributed by atoms with Crippen LogP contribution in [0.25, 0.3) is 0 Å². The maximum atomic E-state index is 9.86. The predicted molar refractivity (Wildman–Crippen MR) is 54.5 cm³/mol. The molecule has 0 aromatic rings. The van der Waals surface area contributed by atoms with Gasteiger partial charge in [-0.3, -0.25) is 4.79 Å². The standard InChI is InChI=1S/C11H20O2/c1-10(2)5-4-6-11(3)7-8-13-9-12/h9,11H,1,4-8H2,2-3H3/t11-/m0/s1. The Bertz CT molecular complexity index is 152. The third-order valence-electron chi connectivity index (χ3n) is 2.10. The SMILES string of the molecule is C=C(C)CCC[C@H](C)CCOC=O. The second-order valence-corrected chi connectivity index (χ2v) is 3.71. The van der Waals surface area contributed by atoms with Crippen LogP contribution in [-0.2, 0) is 9.53 Å². The zero-order chi connectivity index (χ0) is 10.1. The minimum Gasteiger partial charge on any atom is -0.468 e. The first-order valence-electron chi connectivity index (χ1n) is 4.86. The van der Waals surface area contributed by atoms with Crippen molar-refractivity contribution >= 4 is 6.47 Å². The minimum absolute atomic E-state index is 0.514. The maximum absolute atomic E-state index is 9.86. The van der Waals surface area contributed by atoms with E-state index in [0.717, 1.165) is 12.8 Å². The average molecular weight is 184 g/mol. The highest BCUT2D eigenvalue weighted by Gasteiger charge is 2.01. The zero-order valence-electron chi connectivity index (χ0n) is 8.71. The van der Waals surface area contributed by atoms with Gasteiger partial charge in [-0.15, -0.1) is 6.58 Å². The molecular weight excluding hydrogens is 164 g/mol. The van der Waals surface area contributed by atoms with Gasteiger partial charge in [0.15, 0.2) is 0 Å². The summed E-state index contributed by atoms with van der Waals surface area (Å²) in [5.74, 6) is 0.638. The lowest BCUT2D eigenvalue weighted by Crippen LogP contribution is -2.01. The first-order valence-corrected chi connectivity index (χ1v) is 4.86. The molecule has 1 atom stereocenters. The van der Waals surface area contributed by atoms with E-state index in [1.807, 2.05) is 0 Å². The Kier molecular flexibility index (Phi) is 7.36. The summed E-state index contributed by atoms with van der Waals surface area (Å²) in [7, 11) is 0. The second-order valence-electron chi connectivity index (χ2n) is 3.71. The molecule has 0 radical (unpaired) electrons. The van der Waals surface area contributed by atoms with E-state index in [0.29, 0.717) is 19.0 Å². The zero-order valence-corrected chi connectivity index (χ0v) is 8.71. The van der Waals surface area contributed by atoms with E-state index in [9.17, 15) is 4.79 Å². The summed E-state index contributed by atoms with van der Waals surface area (Å²) in [6, 6.07) is 0. The van der Waals surface area contributed by atoms with E-state index >= 15 is 0 Å². The molecule has 0 amide bonds. The van der Waals surface area contributed by atoms with Gasteiger partial charge in [0, 0.05) is 0 Å². The second kappa shape index (κ2) is 7.84. The highest BCUT2D eigenvalue weighted by molar-refractivity contribution is 5.36. The van der Waals surface area contributed by atoms with E-state index in [4.69, 9.17) is 0 Å². The molecule has 0 aliphatic carbocycles. The molecule has 0 aromatic carbocycles. The highest BCUT2D eigenvalue weighted by atomic mass is 16.5. The Morgan fingerprint density at radius 2 is 2.23 bits per heavy atom. The quantitative estimate of drug-likeness (QED) is 0.329. The topological polar surface area (TPSA) is 26.3 Å². The van der Waals surface area contributed by atoms with Crippen molar-refractivity contribution in [1.29, 1.82) is 0 Å². The molecule has 0 rings (SSSR count). The van der Waals surface area contributed by atoms with Crippen molar-refractivity contribution in [3.8, 4) is 0 Å². The maximum Gasteiger partial charge on any atom is 0.293 e. The van der Waals surface area contributed by atoms with Crippen LogP contribution in [0.5, 0.6) is 0 Å². The van der Waals surface area contributed by atoms with Crippen molar-refractivity contribution in [2.45, 2.75) is 39.5 Å². The minimum atomic E-state index is 0.514. The molecule has 0 unspecified atom stereocenters. The van der Waals surface area contributed by atoms with Crippen molar-refractivity contribution in [3.05, 3.63) is 12.2 Å². The summed E-state index contributed by atoms with van der Waals surface area (Å²) in [4.78, 5) is 9.86. The molecule has 2 nitrogen and oxygen atoms in total. The van der Waals surface area contributed by atoms with Gasteiger partial charge in [-0.25, -0.2) is 0 Å². The first-order chi connectivity index (χ1) is 6.16. The summed E-state index contributed by atoms with van der Waals surface area (Å²) >= 11 is 0. The van der Waals surface area contributed by atoms with Crippen molar-refractivity contribution in [2.24, 2.45) is 5.92 Å². The molecule has 0 heterocycles. The molecule has 2 heteroatoms. The third kappa shape index (κ3) is 9.12. The fourth-order valence-corrected chi connectivity index (χ4v) is 1.21. The molecule has 0 aromatic heterocycles. The fraction of sp³-hybridized carbons (Fsp3) is 0.727. The van der Waals surface area contributed by atoms with Crippen LogP contribution >= 0.6 is 0 Å². The Morgan fingerprint density at radius 3 is 2.77 bits per heavy atom. The normalized spacial score (nSPS) is 12.2. The number of ether oxygens (including phenoxy) is 1. The predicted octanol–water partition coefficient (Wildman–Crippen LogP) is 2.93. The summed E-state index contributed by atoms with van der Waals surface area (Å²) in [5.41, 5.74) is 1.25. The van der Waals surface area contributed by atoms with E-state index < -0.39 is 0 Å². The van der Waals surface area contributed by atoms with E-state index in [1.165, 1.54) is 18.4 Å². The van der Waals surface area contributed by atoms with Crippen molar-refractivity contribution in [2.75, 3.05) is 6.61 Å². The van der Waals surface area contributed by atoms with Crippen LogP contribution in [0.4, 0.5) is 0 Å². The molecule has 0 saturated carbocycles. The van der Waals surface area contributed by atoms with Crippen molar-refractivity contribution < 1.29 is 9.53 Å². The molecule has 0 saturated heterocycles. The Morgan fingerprint density at radius 1 is 1.54 bits per heavy atom. The van der Waals surface area contributed by atoms with Crippen molar-refractivity contribution in [3.63, 3.8) is 0 Å². The van der Waals surface area contributed by atoms with Gasteiger partial charge >= 0.3 is 0 Å². The van der Waals surface area contributed by atoms with Gasteiger partial charge in [0.2, 0.25) is 0 Å². The van der Waals surface area contributed by atoms with E-state index in [-0.39, 0.29) is 0 Å². The van der Waals surface area contributed by atoms with Gasteiger partial charge in [-0.1, -0.05) is 18.9 Å². The first kappa shape index (κ1) is 12.2. The number of allylic oxidation sites excluding steroid dienone is 1. The van der Waals surface area contributed by atoms with Crippen LogP contribution in [0.1, 0.15) is 39.5 Å². The number of carbonyl (C=O) groups excluding carboxylic acids is 1.